The Bertz CT molecular complexity index is 958. The number of rotatable bonds is 4. The van der Waals surface area contributed by atoms with Crippen LogP contribution in [0, 0.1) is 18.6 Å². The molecule has 8 heteroatoms. The van der Waals surface area contributed by atoms with E-state index in [4.69, 9.17) is 0 Å². The predicted molar refractivity (Wildman–Crippen MR) is 103 cm³/mol. The molecule has 3 heterocycles. The third kappa shape index (κ3) is 3.87. The summed E-state index contributed by atoms with van der Waals surface area (Å²) >= 11 is 0. The Balaban J connectivity index is 1.50. The Morgan fingerprint density at radius 2 is 1.64 bits per heavy atom. The Labute approximate surface area is 162 Å². The molecule has 0 atom stereocenters. The lowest BCUT2D eigenvalue weighted by Gasteiger charge is -2.35. The van der Waals surface area contributed by atoms with Crippen LogP contribution in [0.3, 0.4) is 0 Å². The highest BCUT2D eigenvalue weighted by Crippen LogP contribution is 2.28. The van der Waals surface area contributed by atoms with Crippen LogP contribution in [0.5, 0.6) is 0 Å². The normalized spacial score (nSPS) is 15.2. The van der Waals surface area contributed by atoms with Gasteiger partial charge in [-0.1, -0.05) is 0 Å². The first-order valence-electron chi connectivity index (χ1n) is 9.23. The van der Waals surface area contributed by atoms with Crippen molar-refractivity contribution in [2.75, 3.05) is 31.1 Å². The first-order valence-corrected chi connectivity index (χ1v) is 9.23. The topological polar surface area (TPSA) is 50.1 Å². The zero-order chi connectivity index (χ0) is 19.7. The van der Waals surface area contributed by atoms with Gasteiger partial charge in [0.25, 0.3) is 0 Å². The highest BCUT2D eigenvalue weighted by Gasteiger charge is 2.22. The summed E-state index contributed by atoms with van der Waals surface area (Å²) in [5.74, 6) is -0.587. The van der Waals surface area contributed by atoms with E-state index in [0.717, 1.165) is 44.5 Å². The number of halogens is 2. The number of aromatic nitrogens is 4. The minimum Gasteiger partial charge on any atom is -0.352 e. The molecule has 28 heavy (non-hydrogen) atoms. The minimum atomic E-state index is -0.622. The van der Waals surface area contributed by atoms with E-state index in [1.807, 2.05) is 18.7 Å². The molecule has 0 aliphatic carbocycles. The van der Waals surface area contributed by atoms with Crippen molar-refractivity contribution in [3.8, 4) is 11.3 Å². The summed E-state index contributed by atoms with van der Waals surface area (Å²) in [6, 6.07) is 3.44. The lowest BCUT2D eigenvalue weighted by molar-refractivity contribution is 0.249. The summed E-state index contributed by atoms with van der Waals surface area (Å²) in [5.41, 5.74) is 3.17. The van der Waals surface area contributed by atoms with Crippen molar-refractivity contribution in [3.05, 3.63) is 59.7 Å². The third-order valence-corrected chi connectivity index (χ3v) is 5.00. The SMILES string of the molecule is Cc1nn(C)cc1CN1CCN(c2nccnc2-c2cc(F)cc(F)c2)CC1. The van der Waals surface area contributed by atoms with Crippen molar-refractivity contribution in [2.45, 2.75) is 13.5 Å². The van der Waals surface area contributed by atoms with Crippen LogP contribution in [-0.2, 0) is 13.6 Å². The van der Waals surface area contributed by atoms with Gasteiger partial charge in [-0.2, -0.15) is 5.10 Å². The smallest absolute Gasteiger partial charge is 0.155 e. The van der Waals surface area contributed by atoms with Crippen molar-refractivity contribution < 1.29 is 8.78 Å². The molecule has 1 saturated heterocycles. The Hall–Kier alpha value is -2.87. The molecule has 6 nitrogen and oxygen atoms in total. The van der Waals surface area contributed by atoms with E-state index in [-0.39, 0.29) is 0 Å². The van der Waals surface area contributed by atoms with Crippen LogP contribution in [-0.4, -0.2) is 50.8 Å². The maximum atomic E-state index is 13.7. The zero-order valence-electron chi connectivity index (χ0n) is 15.9. The standard InChI is InChI=1S/C20H22F2N6/c1-14-16(12-26(2)25-14)13-27-5-7-28(8-6-27)20-19(23-3-4-24-20)15-9-17(21)11-18(22)10-15/h3-4,9-12H,5-8,13H2,1-2H3. The predicted octanol–water partition coefficient (Wildman–Crippen LogP) is 2.79. The van der Waals surface area contributed by atoms with Gasteiger partial charge in [0.1, 0.15) is 17.3 Å². The fourth-order valence-electron chi connectivity index (χ4n) is 3.62. The van der Waals surface area contributed by atoms with E-state index in [2.05, 4.69) is 31.1 Å². The summed E-state index contributed by atoms with van der Waals surface area (Å²) in [7, 11) is 1.93. The van der Waals surface area contributed by atoms with Crippen LogP contribution in [0.1, 0.15) is 11.3 Å². The van der Waals surface area contributed by atoms with Gasteiger partial charge in [-0.3, -0.25) is 14.6 Å². The molecule has 2 aromatic heterocycles. The summed E-state index contributed by atoms with van der Waals surface area (Å²) in [6.45, 7) is 6.14. The second-order valence-electron chi connectivity index (χ2n) is 7.06. The van der Waals surface area contributed by atoms with E-state index in [9.17, 15) is 8.78 Å². The average molecular weight is 384 g/mol. The monoisotopic (exact) mass is 384 g/mol. The number of hydrogen-bond donors (Lipinski definition) is 0. The molecule has 1 fully saturated rings. The molecular weight excluding hydrogens is 362 g/mol. The van der Waals surface area contributed by atoms with E-state index in [0.29, 0.717) is 17.1 Å². The van der Waals surface area contributed by atoms with Crippen LogP contribution in [0.4, 0.5) is 14.6 Å². The molecule has 0 radical (unpaired) electrons. The Kier molecular flexibility index (Phi) is 5.04. The minimum absolute atomic E-state index is 0.397. The van der Waals surface area contributed by atoms with Gasteiger partial charge in [-0.05, 0) is 19.1 Å². The average Bonchev–Trinajstić information content (AvgIpc) is 2.98. The Morgan fingerprint density at radius 3 is 2.29 bits per heavy atom. The molecule has 0 unspecified atom stereocenters. The van der Waals surface area contributed by atoms with Crippen LogP contribution in [0.25, 0.3) is 11.3 Å². The lowest BCUT2D eigenvalue weighted by Crippen LogP contribution is -2.46. The molecule has 0 bridgehead atoms. The number of benzene rings is 1. The zero-order valence-corrected chi connectivity index (χ0v) is 15.9. The quantitative estimate of drug-likeness (QED) is 0.692. The number of aryl methyl sites for hydroxylation is 2. The first-order chi connectivity index (χ1) is 13.5. The molecule has 0 N–H and O–H groups in total. The van der Waals surface area contributed by atoms with Gasteiger partial charge in [-0.15, -0.1) is 0 Å². The van der Waals surface area contributed by atoms with E-state index in [1.165, 1.54) is 17.7 Å². The van der Waals surface area contributed by atoms with Gasteiger partial charge < -0.3 is 4.90 Å². The van der Waals surface area contributed by atoms with Gasteiger partial charge in [0, 0.05) is 75.6 Å². The number of hydrogen-bond acceptors (Lipinski definition) is 5. The molecule has 0 saturated carbocycles. The van der Waals surface area contributed by atoms with Gasteiger partial charge >= 0.3 is 0 Å². The van der Waals surface area contributed by atoms with Crippen molar-refractivity contribution in [1.82, 2.24) is 24.6 Å². The molecule has 0 spiro atoms. The number of piperazine rings is 1. The second kappa shape index (κ2) is 7.63. The summed E-state index contributed by atoms with van der Waals surface area (Å²) in [5, 5.41) is 4.40. The molecule has 4 rings (SSSR count). The summed E-state index contributed by atoms with van der Waals surface area (Å²) in [4.78, 5) is 13.3. The van der Waals surface area contributed by atoms with Crippen LogP contribution in [0.15, 0.2) is 36.8 Å². The van der Waals surface area contributed by atoms with Gasteiger partial charge in [-0.25, -0.2) is 13.8 Å². The lowest BCUT2D eigenvalue weighted by atomic mass is 10.1. The van der Waals surface area contributed by atoms with Crippen molar-refractivity contribution in [1.29, 1.82) is 0 Å². The van der Waals surface area contributed by atoms with E-state index >= 15 is 0 Å². The number of anilines is 1. The number of nitrogens with zero attached hydrogens (tertiary/aromatic N) is 6. The van der Waals surface area contributed by atoms with E-state index in [1.54, 1.807) is 12.4 Å². The fraction of sp³-hybridized carbons (Fsp3) is 0.350. The first kappa shape index (κ1) is 18.5. The molecule has 0 amide bonds. The van der Waals surface area contributed by atoms with Crippen LogP contribution >= 0.6 is 0 Å². The maximum Gasteiger partial charge on any atom is 0.155 e. The van der Waals surface area contributed by atoms with Crippen molar-refractivity contribution >= 4 is 5.82 Å². The molecular formula is C20H22F2N6. The van der Waals surface area contributed by atoms with Gasteiger partial charge in [0.05, 0.1) is 5.69 Å². The molecule has 1 aliphatic rings. The fourth-order valence-corrected chi connectivity index (χ4v) is 3.62. The summed E-state index contributed by atoms with van der Waals surface area (Å²) < 4.78 is 29.2. The largest absolute Gasteiger partial charge is 0.352 e. The van der Waals surface area contributed by atoms with Crippen LogP contribution in [0.2, 0.25) is 0 Å². The molecule has 1 aliphatic heterocycles. The molecule has 3 aromatic rings. The third-order valence-electron chi connectivity index (χ3n) is 5.00. The van der Waals surface area contributed by atoms with Gasteiger partial charge in [0.15, 0.2) is 5.82 Å². The van der Waals surface area contributed by atoms with Crippen molar-refractivity contribution in [3.63, 3.8) is 0 Å². The summed E-state index contributed by atoms with van der Waals surface area (Å²) in [6.07, 6.45) is 5.21. The Morgan fingerprint density at radius 1 is 0.964 bits per heavy atom. The highest BCUT2D eigenvalue weighted by molar-refractivity contribution is 5.72. The van der Waals surface area contributed by atoms with E-state index < -0.39 is 11.6 Å². The van der Waals surface area contributed by atoms with Crippen LogP contribution < -0.4 is 4.90 Å². The second-order valence-corrected chi connectivity index (χ2v) is 7.06. The van der Waals surface area contributed by atoms with Crippen molar-refractivity contribution in [2.24, 2.45) is 7.05 Å². The highest BCUT2D eigenvalue weighted by atomic mass is 19.1. The molecule has 1 aromatic carbocycles. The maximum absolute atomic E-state index is 13.7. The van der Waals surface area contributed by atoms with Gasteiger partial charge in [0.2, 0.25) is 0 Å². The molecule has 146 valence electrons.